The number of amides is 3. The van der Waals surface area contributed by atoms with Crippen molar-refractivity contribution < 1.29 is 33.4 Å². The highest BCUT2D eigenvalue weighted by atomic mass is 16.5. The van der Waals surface area contributed by atoms with Crippen molar-refractivity contribution in [3.63, 3.8) is 0 Å². The number of benzene rings is 1. The van der Waals surface area contributed by atoms with Crippen LogP contribution in [0.4, 0.5) is 0 Å². The van der Waals surface area contributed by atoms with Crippen molar-refractivity contribution in [2.45, 2.75) is 149 Å². The average Bonchev–Trinajstić information content (AvgIpc) is 3.89. The summed E-state index contributed by atoms with van der Waals surface area (Å²) in [6.07, 6.45) is 7.40. The Labute approximate surface area is 372 Å². The summed E-state index contributed by atoms with van der Waals surface area (Å²) in [5.74, 6) is -2.71. The van der Waals surface area contributed by atoms with E-state index in [2.05, 4.69) is 37.6 Å². The second-order valence-corrected chi connectivity index (χ2v) is 18.8. The van der Waals surface area contributed by atoms with Crippen LogP contribution in [0.3, 0.4) is 0 Å². The van der Waals surface area contributed by atoms with Crippen molar-refractivity contribution in [1.82, 2.24) is 19.7 Å². The van der Waals surface area contributed by atoms with E-state index in [0.717, 1.165) is 61.5 Å². The molecule has 0 spiro atoms. The molecule has 1 aromatic heterocycles. The smallest absolute Gasteiger partial charge is 0.226 e. The zero-order chi connectivity index (χ0) is 46.3. The van der Waals surface area contributed by atoms with Crippen molar-refractivity contribution in [2.24, 2.45) is 47.0 Å². The molecule has 62 heavy (non-hydrogen) atoms. The number of likely N-dealkylation sites (tertiary alicyclic amines) is 1. The van der Waals surface area contributed by atoms with E-state index in [1.165, 1.54) is 0 Å². The number of carbonyl (C=O) groups is 5. The SMILES string of the molecule is CC[C@H](C)[C@@H]([C@@H](CC(=O)N1CCC[C@H]1[C@H](OC)[C@@H](C)C(=O)C[C@@H](Cc1c[nH]c2ccccc12)C(N)=O)OC)N(C)C(=O)[C@@H](CC(=O)[C@H](C(C)C)N(C)CCCCCCN)C(C)C. The molecule has 5 N–H and O–H groups in total. The number of H-pyrrole nitrogens is 1. The Morgan fingerprint density at radius 2 is 1.56 bits per heavy atom. The fraction of sp³-hybridized carbons (Fsp3) is 0.735. The first kappa shape index (κ1) is 52.7. The first-order valence-corrected chi connectivity index (χ1v) is 23.3. The highest BCUT2D eigenvalue weighted by molar-refractivity contribution is 5.91. The molecule has 350 valence electrons. The molecule has 1 saturated heterocycles. The van der Waals surface area contributed by atoms with Gasteiger partial charge in [0.05, 0.1) is 36.8 Å². The number of hydrogen-bond acceptors (Lipinski definition) is 9. The second-order valence-electron chi connectivity index (χ2n) is 18.8. The van der Waals surface area contributed by atoms with Gasteiger partial charge in [0.15, 0.2) is 5.78 Å². The molecule has 0 radical (unpaired) electrons. The maximum absolute atomic E-state index is 14.6. The lowest BCUT2D eigenvalue weighted by atomic mass is 9.83. The number of nitrogens with zero attached hydrogens (tertiary/aromatic N) is 3. The summed E-state index contributed by atoms with van der Waals surface area (Å²) in [6.45, 7) is 16.1. The topological polar surface area (TPSA) is 181 Å². The minimum absolute atomic E-state index is 0.0137. The van der Waals surface area contributed by atoms with Crippen LogP contribution in [0.1, 0.15) is 118 Å². The van der Waals surface area contributed by atoms with Crippen LogP contribution in [0.2, 0.25) is 0 Å². The average molecular weight is 867 g/mol. The van der Waals surface area contributed by atoms with Crippen molar-refractivity contribution in [2.75, 3.05) is 47.9 Å². The molecule has 1 fully saturated rings. The van der Waals surface area contributed by atoms with Gasteiger partial charge >= 0.3 is 0 Å². The molecular weight excluding hydrogens is 785 g/mol. The number of rotatable bonds is 29. The number of aromatic amines is 1. The van der Waals surface area contributed by atoms with E-state index >= 15 is 0 Å². The van der Waals surface area contributed by atoms with Crippen LogP contribution >= 0.6 is 0 Å². The molecule has 1 aliphatic rings. The molecule has 9 atom stereocenters. The van der Waals surface area contributed by atoms with E-state index in [4.69, 9.17) is 20.9 Å². The Bertz CT molecular complexity index is 1730. The molecular formula is C49H82N6O7. The van der Waals surface area contributed by atoms with Crippen molar-refractivity contribution in [3.05, 3.63) is 36.0 Å². The van der Waals surface area contributed by atoms with Gasteiger partial charge in [-0.25, -0.2) is 0 Å². The Kier molecular flexibility index (Phi) is 21.8. The summed E-state index contributed by atoms with van der Waals surface area (Å²) in [5.41, 5.74) is 13.4. The second kappa shape index (κ2) is 25.6. The van der Waals surface area contributed by atoms with Crippen LogP contribution in [-0.4, -0.2) is 127 Å². The number of Topliss-reactive ketones (excluding diaryl/α,β-unsaturated/α-hetero) is 2. The lowest BCUT2D eigenvalue weighted by Gasteiger charge is -2.41. The molecule has 0 aliphatic carbocycles. The monoisotopic (exact) mass is 867 g/mol. The molecule has 3 amide bonds. The number of nitrogens with two attached hydrogens (primary N) is 2. The quantitative estimate of drug-likeness (QED) is 0.0780. The Morgan fingerprint density at radius 3 is 2.16 bits per heavy atom. The number of unbranched alkanes of at least 4 members (excludes halogenated alkanes) is 3. The molecule has 0 saturated carbocycles. The van der Waals surface area contributed by atoms with Gasteiger partial charge in [0.1, 0.15) is 5.78 Å². The fourth-order valence-corrected chi connectivity index (χ4v) is 9.94. The number of nitrogens with one attached hydrogen (secondary N) is 1. The molecule has 13 heteroatoms. The van der Waals surface area contributed by atoms with Gasteiger partial charge in [0.25, 0.3) is 0 Å². The molecule has 1 aliphatic heterocycles. The standard InChI is InChI=1S/C49H82N6O7/c1-12-33(6)46(54(9)49(60)38(31(2)3)28-42(57)45(32(4)5)53(8)24-18-14-13-17-23-50)43(61-10)29-44(58)55-25-19-22-40(55)47(62-11)34(7)41(56)27-35(48(51)59)26-36-30-52-39-21-16-15-20-37(36)39/h15-16,20-21,30-35,38,40,43,45-47,52H,12-14,17-19,22-29,50H2,1-11H3,(H2,51,59)/t33-,34-,35+,38-,40-,43+,45-,46-,47+/m0/s1. The molecule has 0 bridgehead atoms. The Morgan fingerprint density at radius 1 is 0.887 bits per heavy atom. The van der Waals surface area contributed by atoms with Gasteiger partial charge in [0.2, 0.25) is 17.7 Å². The number of likely N-dealkylation sites (N-methyl/N-ethyl adjacent to an activating group) is 2. The normalized spacial score (nSPS) is 18.4. The van der Waals surface area contributed by atoms with Crippen LogP contribution in [-0.2, 0) is 39.9 Å². The van der Waals surface area contributed by atoms with E-state index in [1.807, 2.05) is 56.3 Å². The van der Waals surface area contributed by atoms with Crippen LogP contribution in [0.15, 0.2) is 30.5 Å². The van der Waals surface area contributed by atoms with Crippen LogP contribution in [0, 0.1) is 35.5 Å². The summed E-state index contributed by atoms with van der Waals surface area (Å²) >= 11 is 0. The van der Waals surface area contributed by atoms with Gasteiger partial charge in [-0.1, -0.05) is 85.9 Å². The number of hydrogen-bond donors (Lipinski definition) is 3. The Hall–Kier alpha value is -3.65. The maximum Gasteiger partial charge on any atom is 0.226 e. The van der Waals surface area contributed by atoms with Crippen LogP contribution in [0.25, 0.3) is 10.9 Å². The van der Waals surface area contributed by atoms with Crippen LogP contribution < -0.4 is 11.5 Å². The summed E-state index contributed by atoms with van der Waals surface area (Å²) in [5, 5.41) is 0.989. The number of fused-ring (bicyclic) bond motifs is 1. The molecule has 13 nitrogen and oxygen atoms in total. The number of aromatic nitrogens is 1. The third kappa shape index (κ3) is 13.9. The minimum Gasteiger partial charge on any atom is -0.379 e. The van der Waals surface area contributed by atoms with Crippen molar-refractivity contribution >= 4 is 40.2 Å². The summed E-state index contributed by atoms with van der Waals surface area (Å²) in [7, 11) is 6.94. The number of ether oxygens (including phenoxy) is 2. The molecule has 2 aromatic rings. The number of carbonyl (C=O) groups excluding carboxylic acids is 5. The lowest BCUT2D eigenvalue weighted by molar-refractivity contribution is -0.149. The predicted octanol–water partition coefficient (Wildman–Crippen LogP) is 6.40. The van der Waals surface area contributed by atoms with E-state index < -0.39 is 41.9 Å². The highest BCUT2D eigenvalue weighted by Crippen LogP contribution is 2.32. The third-order valence-electron chi connectivity index (χ3n) is 13.8. The van der Waals surface area contributed by atoms with E-state index in [1.54, 1.807) is 33.1 Å². The Balaban J connectivity index is 1.76. The highest BCUT2D eigenvalue weighted by Gasteiger charge is 2.43. The van der Waals surface area contributed by atoms with E-state index in [9.17, 15) is 24.0 Å². The van der Waals surface area contributed by atoms with Crippen molar-refractivity contribution in [1.29, 1.82) is 0 Å². The van der Waals surface area contributed by atoms with Crippen LogP contribution in [0.5, 0.6) is 0 Å². The molecule has 3 rings (SSSR count). The summed E-state index contributed by atoms with van der Waals surface area (Å²) in [4.78, 5) is 78.6. The van der Waals surface area contributed by atoms with Gasteiger partial charge < -0.3 is 35.7 Å². The third-order valence-corrected chi connectivity index (χ3v) is 13.8. The first-order chi connectivity index (χ1) is 29.4. The zero-order valence-corrected chi connectivity index (χ0v) is 40.0. The van der Waals surface area contributed by atoms with Gasteiger partial charge in [0, 0.05) is 75.5 Å². The maximum atomic E-state index is 14.6. The number of primary amides is 1. The van der Waals surface area contributed by atoms with Gasteiger partial charge in [-0.2, -0.15) is 0 Å². The van der Waals surface area contributed by atoms with Gasteiger partial charge in [-0.05, 0) is 81.6 Å². The van der Waals surface area contributed by atoms with E-state index in [0.29, 0.717) is 25.9 Å². The van der Waals surface area contributed by atoms with Crippen molar-refractivity contribution in [3.8, 4) is 0 Å². The summed E-state index contributed by atoms with van der Waals surface area (Å²) in [6, 6.07) is 6.72. The predicted molar refractivity (Wildman–Crippen MR) is 247 cm³/mol. The van der Waals surface area contributed by atoms with E-state index in [-0.39, 0.29) is 72.5 Å². The molecule has 0 unspecified atom stereocenters. The largest absolute Gasteiger partial charge is 0.379 e. The van der Waals surface area contributed by atoms with Gasteiger partial charge in [-0.15, -0.1) is 0 Å². The summed E-state index contributed by atoms with van der Waals surface area (Å²) < 4.78 is 12.1. The lowest BCUT2D eigenvalue weighted by Crippen LogP contribution is -2.54. The minimum atomic E-state index is -0.698. The first-order valence-electron chi connectivity index (χ1n) is 23.3. The zero-order valence-electron chi connectivity index (χ0n) is 40.0. The molecule has 1 aromatic carbocycles. The number of para-hydroxylation sites is 1. The van der Waals surface area contributed by atoms with Gasteiger partial charge in [-0.3, -0.25) is 28.9 Å². The molecule has 2 heterocycles. The number of methoxy groups -OCH3 is 2. The number of ketones is 2. The fourth-order valence-electron chi connectivity index (χ4n) is 9.94.